The normalized spacial score (nSPS) is 17.8. The summed E-state index contributed by atoms with van der Waals surface area (Å²) in [5.41, 5.74) is 1.27. The second kappa shape index (κ2) is 7.61. The van der Waals surface area contributed by atoms with E-state index in [0.29, 0.717) is 29.1 Å². The van der Waals surface area contributed by atoms with E-state index in [9.17, 15) is 14.0 Å². The first-order valence-corrected chi connectivity index (χ1v) is 11.3. The zero-order valence-electron chi connectivity index (χ0n) is 16.7. The number of hydrogen-bond acceptors (Lipinski definition) is 5. The fraction of sp³-hybridized carbons (Fsp3) is 0.435. The number of ether oxygens (including phenoxy) is 1. The summed E-state index contributed by atoms with van der Waals surface area (Å²) in [5.74, 6) is -0.716. The molecule has 1 aromatic carbocycles. The van der Waals surface area contributed by atoms with Gasteiger partial charge >= 0.3 is 5.97 Å². The molecular formula is C23H23FN2O3S. The van der Waals surface area contributed by atoms with Gasteiger partial charge in [-0.1, -0.05) is 25.0 Å². The number of carbonyl (C=O) groups excluding carboxylic acids is 1. The monoisotopic (exact) mass is 426 g/mol. The van der Waals surface area contributed by atoms with Crippen molar-refractivity contribution < 1.29 is 13.9 Å². The number of aromatic nitrogens is 2. The second-order valence-corrected chi connectivity index (χ2v) is 9.32. The van der Waals surface area contributed by atoms with Gasteiger partial charge in [-0.2, -0.15) is 0 Å². The molecule has 0 saturated heterocycles. The Morgan fingerprint density at radius 1 is 1.17 bits per heavy atom. The van der Waals surface area contributed by atoms with Crippen LogP contribution >= 0.6 is 11.3 Å². The molecule has 2 aromatic heterocycles. The minimum atomic E-state index is -0.816. The van der Waals surface area contributed by atoms with E-state index in [-0.39, 0.29) is 24.0 Å². The molecule has 2 heterocycles. The predicted octanol–water partition coefficient (Wildman–Crippen LogP) is 4.33. The zero-order valence-corrected chi connectivity index (χ0v) is 17.5. The first-order chi connectivity index (χ1) is 14.6. The average Bonchev–Trinajstić information content (AvgIpc) is 3.38. The van der Waals surface area contributed by atoms with Gasteiger partial charge < -0.3 is 4.74 Å². The van der Waals surface area contributed by atoms with Crippen molar-refractivity contribution in [2.24, 2.45) is 0 Å². The molecule has 1 fully saturated rings. The maximum absolute atomic E-state index is 13.8. The lowest BCUT2D eigenvalue weighted by Gasteiger charge is -2.27. The molecule has 5 rings (SSSR count). The average molecular weight is 427 g/mol. The highest BCUT2D eigenvalue weighted by atomic mass is 32.1. The van der Waals surface area contributed by atoms with Crippen LogP contribution in [0, 0.1) is 5.82 Å². The van der Waals surface area contributed by atoms with Crippen molar-refractivity contribution in [1.82, 2.24) is 9.38 Å². The summed E-state index contributed by atoms with van der Waals surface area (Å²) in [6.07, 6.45) is 7.21. The Kier molecular flexibility index (Phi) is 4.93. The number of carbonyl (C=O) groups is 1. The van der Waals surface area contributed by atoms with Crippen LogP contribution < -0.4 is 5.56 Å². The minimum Gasteiger partial charge on any atom is -0.458 e. The third-order valence-electron chi connectivity index (χ3n) is 6.39. The first kappa shape index (κ1) is 19.4. The van der Waals surface area contributed by atoms with Crippen LogP contribution in [-0.4, -0.2) is 15.4 Å². The molecule has 0 N–H and O–H groups in total. The molecule has 0 spiro atoms. The van der Waals surface area contributed by atoms with Crippen LogP contribution in [0.4, 0.5) is 4.39 Å². The van der Waals surface area contributed by atoms with Gasteiger partial charge in [0.2, 0.25) is 0 Å². The lowest BCUT2D eigenvalue weighted by molar-refractivity contribution is -0.152. The van der Waals surface area contributed by atoms with Crippen LogP contribution in [0.25, 0.3) is 4.96 Å². The number of halogens is 1. The van der Waals surface area contributed by atoms with E-state index in [2.05, 4.69) is 4.98 Å². The van der Waals surface area contributed by atoms with Gasteiger partial charge in [0.05, 0.1) is 11.1 Å². The van der Waals surface area contributed by atoms with Crippen molar-refractivity contribution in [2.75, 3.05) is 0 Å². The molecule has 0 aliphatic heterocycles. The summed E-state index contributed by atoms with van der Waals surface area (Å²) < 4.78 is 21.1. The molecule has 5 nitrogen and oxygen atoms in total. The quantitative estimate of drug-likeness (QED) is 0.583. The maximum Gasteiger partial charge on any atom is 0.316 e. The number of thiazole rings is 1. The van der Waals surface area contributed by atoms with Crippen LogP contribution in [0.5, 0.6) is 0 Å². The van der Waals surface area contributed by atoms with Gasteiger partial charge in [0.25, 0.3) is 5.56 Å². The molecule has 0 radical (unpaired) electrons. The second-order valence-electron chi connectivity index (χ2n) is 8.26. The third-order valence-corrected chi connectivity index (χ3v) is 7.53. The number of fused-ring (bicyclic) bond motifs is 3. The molecule has 3 aromatic rings. The van der Waals surface area contributed by atoms with E-state index < -0.39 is 5.41 Å². The lowest BCUT2D eigenvalue weighted by Crippen LogP contribution is -2.35. The summed E-state index contributed by atoms with van der Waals surface area (Å²) in [5, 5.41) is 0. The molecule has 0 amide bonds. The number of nitrogens with zero attached hydrogens (tertiary/aromatic N) is 2. The van der Waals surface area contributed by atoms with Gasteiger partial charge in [-0.05, 0) is 56.2 Å². The summed E-state index contributed by atoms with van der Waals surface area (Å²) in [6.45, 7) is -0.0514. The Labute approximate surface area is 177 Å². The van der Waals surface area contributed by atoms with Crippen molar-refractivity contribution in [1.29, 1.82) is 0 Å². The number of hydrogen-bond donors (Lipinski definition) is 0. The van der Waals surface area contributed by atoms with Crippen LogP contribution in [-0.2, 0) is 34.4 Å². The van der Waals surface area contributed by atoms with E-state index in [4.69, 9.17) is 4.74 Å². The Morgan fingerprint density at radius 3 is 2.77 bits per heavy atom. The van der Waals surface area contributed by atoms with Crippen LogP contribution in [0.15, 0.2) is 35.1 Å². The lowest BCUT2D eigenvalue weighted by atomic mass is 9.79. The number of rotatable bonds is 4. The topological polar surface area (TPSA) is 60.7 Å². The molecule has 156 valence electrons. The molecular weight excluding hydrogens is 403 g/mol. The molecule has 7 heteroatoms. The highest BCUT2D eigenvalue weighted by Crippen LogP contribution is 2.42. The Morgan fingerprint density at radius 2 is 1.97 bits per heavy atom. The van der Waals surface area contributed by atoms with Gasteiger partial charge in [-0.15, -0.1) is 11.3 Å². The number of aryl methyl sites for hydroxylation is 2. The van der Waals surface area contributed by atoms with Gasteiger partial charge in [0.15, 0.2) is 4.96 Å². The standard InChI is InChI=1S/C23H23FN2O3S/c24-16-7-5-6-15(12-16)23(10-3-4-11-23)21(28)29-14-17-13-20(27)26-18-8-1-2-9-19(18)30-22(26)25-17/h5-7,12-13H,1-4,8-11,14H2. The predicted molar refractivity (Wildman–Crippen MR) is 112 cm³/mol. The van der Waals surface area contributed by atoms with Crippen molar-refractivity contribution in [3.05, 3.63) is 68.3 Å². The Balaban J connectivity index is 1.40. The minimum absolute atomic E-state index is 0.0514. The Bertz CT molecular complexity index is 1180. The molecule has 0 unspecified atom stereocenters. The van der Waals surface area contributed by atoms with E-state index >= 15 is 0 Å². The van der Waals surface area contributed by atoms with Crippen molar-refractivity contribution in [3.8, 4) is 0 Å². The smallest absolute Gasteiger partial charge is 0.316 e. The summed E-state index contributed by atoms with van der Waals surface area (Å²) in [6, 6.07) is 7.70. The van der Waals surface area contributed by atoms with Crippen LogP contribution in [0.1, 0.15) is 60.4 Å². The van der Waals surface area contributed by atoms with Crippen molar-refractivity contribution in [3.63, 3.8) is 0 Å². The highest BCUT2D eigenvalue weighted by Gasteiger charge is 2.44. The summed E-state index contributed by atoms with van der Waals surface area (Å²) in [4.78, 5) is 32.3. The highest BCUT2D eigenvalue weighted by molar-refractivity contribution is 7.17. The van der Waals surface area contributed by atoms with Crippen molar-refractivity contribution >= 4 is 22.3 Å². The van der Waals surface area contributed by atoms with Crippen LogP contribution in [0.3, 0.4) is 0 Å². The zero-order chi connectivity index (χ0) is 20.7. The number of esters is 1. The third kappa shape index (κ3) is 3.25. The van der Waals surface area contributed by atoms with Gasteiger partial charge in [-0.25, -0.2) is 9.37 Å². The molecule has 2 aliphatic rings. The Hall–Kier alpha value is -2.54. The molecule has 30 heavy (non-hydrogen) atoms. The molecule has 0 bridgehead atoms. The van der Waals surface area contributed by atoms with Crippen molar-refractivity contribution in [2.45, 2.75) is 63.4 Å². The fourth-order valence-corrected chi connectivity index (χ4v) is 6.10. The summed E-state index contributed by atoms with van der Waals surface area (Å²) >= 11 is 1.56. The SMILES string of the molecule is O=C(OCc1cc(=O)n2c3c(sc2n1)CCCC3)C1(c2cccc(F)c2)CCCC1. The molecule has 1 saturated carbocycles. The van der Waals surface area contributed by atoms with E-state index in [1.54, 1.807) is 27.9 Å². The van der Waals surface area contributed by atoms with Gasteiger partial charge in [0, 0.05) is 16.6 Å². The van der Waals surface area contributed by atoms with E-state index in [0.717, 1.165) is 44.2 Å². The fourth-order valence-electron chi connectivity index (χ4n) is 4.87. The van der Waals surface area contributed by atoms with Gasteiger partial charge in [-0.3, -0.25) is 14.0 Å². The largest absolute Gasteiger partial charge is 0.458 e. The van der Waals surface area contributed by atoms with E-state index in [1.165, 1.54) is 23.1 Å². The summed E-state index contributed by atoms with van der Waals surface area (Å²) in [7, 11) is 0. The number of benzene rings is 1. The maximum atomic E-state index is 13.8. The first-order valence-electron chi connectivity index (χ1n) is 10.5. The van der Waals surface area contributed by atoms with Crippen LogP contribution in [0.2, 0.25) is 0 Å². The van der Waals surface area contributed by atoms with E-state index in [1.807, 2.05) is 0 Å². The molecule has 0 atom stereocenters. The van der Waals surface area contributed by atoms with Gasteiger partial charge in [0.1, 0.15) is 12.4 Å². The molecule has 2 aliphatic carbocycles.